The van der Waals surface area contributed by atoms with Gasteiger partial charge in [0.1, 0.15) is 10.9 Å². The number of aromatic nitrogens is 2. The lowest BCUT2D eigenvalue weighted by Crippen LogP contribution is -2.36. The third kappa shape index (κ3) is 3.46. The van der Waals surface area contributed by atoms with Crippen molar-refractivity contribution in [2.75, 3.05) is 18.1 Å². The molecule has 1 aliphatic rings. The summed E-state index contributed by atoms with van der Waals surface area (Å²) in [6.45, 7) is 4.21. The van der Waals surface area contributed by atoms with Crippen molar-refractivity contribution in [3.63, 3.8) is 0 Å². The number of sulfone groups is 1. The van der Waals surface area contributed by atoms with Crippen LogP contribution in [0, 0.1) is 6.92 Å². The zero-order chi connectivity index (χ0) is 16.5. The van der Waals surface area contributed by atoms with E-state index in [9.17, 15) is 13.2 Å². The monoisotopic (exact) mass is 347 g/mol. The van der Waals surface area contributed by atoms with E-state index in [4.69, 9.17) is 11.6 Å². The fourth-order valence-corrected chi connectivity index (χ4v) is 4.65. The number of likely N-dealkylation sites (tertiary alicyclic amines) is 1. The fourth-order valence-electron chi connectivity index (χ4n) is 3.04. The lowest BCUT2D eigenvalue weighted by Gasteiger charge is -2.25. The van der Waals surface area contributed by atoms with Crippen LogP contribution in [0.1, 0.15) is 43.5 Å². The Bertz CT molecular complexity index is 669. The fraction of sp³-hybridized carbons (Fsp3) is 0.714. The second-order valence-corrected chi connectivity index (χ2v) is 8.29. The van der Waals surface area contributed by atoms with Gasteiger partial charge in [0.25, 0.3) is 0 Å². The van der Waals surface area contributed by atoms with Crippen LogP contribution < -0.4 is 0 Å². The zero-order valence-corrected chi connectivity index (χ0v) is 14.7. The second-order valence-electron chi connectivity index (χ2n) is 5.75. The summed E-state index contributed by atoms with van der Waals surface area (Å²) in [5.74, 6) is -0.715. The molecule has 0 radical (unpaired) electrons. The van der Waals surface area contributed by atoms with Gasteiger partial charge in [0.05, 0.1) is 17.5 Å². The summed E-state index contributed by atoms with van der Waals surface area (Å²) in [5, 5.41) is 4.79. The van der Waals surface area contributed by atoms with Gasteiger partial charge in [-0.3, -0.25) is 9.48 Å². The first-order chi connectivity index (χ1) is 10.3. The van der Waals surface area contributed by atoms with Crippen LogP contribution in [0.15, 0.2) is 0 Å². The molecule has 1 amide bonds. The van der Waals surface area contributed by atoms with E-state index >= 15 is 0 Å². The summed E-state index contributed by atoms with van der Waals surface area (Å²) < 4.78 is 25.4. The van der Waals surface area contributed by atoms with Crippen molar-refractivity contribution < 1.29 is 13.2 Å². The van der Waals surface area contributed by atoms with Gasteiger partial charge in [-0.15, -0.1) is 0 Å². The van der Waals surface area contributed by atoms with Crippen molar-refractivity contribution in [3.8, 4) is 0 Å². The van der Waals surface area contributed by atoms with Crippen LogP contribution in [-0.2, 0) is 21.7 Å². The van der Waals surface area contributed by atoms with Crippen molar-refractivity contribution in [1.82, 2.24) is 14.7 Å². The smallest absolute Gasteiger partial charge is 0.238 e. The van der Waals surface area contributed by atoms with Crippen LogP contribution >= 0.6 is 11.6 Å². The number of hydrogen-bond acceptors (Lipinski definition) is 4. The van der Waals surface area contributed by atoms with E-state index < -0.39 is 15.6 Å². The average Bonchev–Trinajstić information content (AvgIpc) is 2.95. The summed E-state index contributed by atoms with van der Waals surface area (Å²) in [6, 6.07) is -0.175. The summed E-state index contributed by atoms with van der Waals surface area (Å²) in [4.78, 5) is 14.1. The number of amides is 1. The first-order valence-corrected chi connectivity index (χ1v) is 9.65. The number of carbonyl (C=O) groups is 1. The molecule has 2 heterocycles. The van der Waals surface area contributed by atoms with Gasteiger partial charge < -0.3 is 4.90 Å². The highest BCUT2D eigenvalue weighted by Crippen LogP contribution is 2.37. The molecule has 1 aliphatic heterocycles. The Morgan fingerprint density at radius 3 is 2.68 bits per heavy atom. The molecule has 0 spiro atoms. The normalized spacial score (nSPS) is 18.9. The summed E-state index contributed by atoms with van der Waals surface area (Å²) in [5.41, 5.74) is 1.62. The number of hydrogen-bond donors (Lipinski definition) is 0. The van der Waals surface area contributed by atoms with Gasteiger partial charge >= 0.3 is 0 Å². The number of carbonyl (C=O) groups excluding carboxylic acids is 1. The molecule has 0 bridgehead atoms. The molecule has 1 atom stereocenters. The van der Waals surface area contributed by atoms with Crippen LogP contribution in [-0.4, -0.2) is 47.1 Å². The van der Waals surface area contributed by atoms with E-state index in [0.29, 0.717) is 18.1 Å². The minimum atomic E-state index is -3.33. The van der Waals surface area contributed by atoms with E-state index in [0.717, 1.165) is 24.1 Å². The van der Waals surface area contributed by atoms with Gasteiger partial charge in [-0.05, 0) is 26.2 Å². The number of aryl methyl sites for hydroxylation is 2. The predicted octanol–water partition coefficient (Wildman–Crippen LogP) is 1.87. The molecule has 0 saturated carbocycles. The molecule has 8 heteroatoms. The second kappa shape index (κ2) is 6.58. The summed E-state index contributed by atoms with van der Waals surface area (Å²) in [7, 11) is -1.58. The Hall–Kier alpha value is -1.08. The van der Waals surface area contributed by atoms with Crippen molar-refractivity contribution >= 4 is 27.3 Å². The predicted molar refractivity (Wildman–Crippen MR) is 85.6 cm³/mol. The molecule has 0 aromatic carbocycles. The van der Waals surface area contributed by atoms with Crippen molar-refractivity contribution in [2.45, 2.75) is 39.2 Å². The molecule has 0 aliphatic carbocycles. The van der Waals surface area contributed by atoms with Crippen molar-refractivity contribution in [2.24, 2.45) is 7.05 Å². The van der Waals surface area contributed by atoms with Crippen LogP contribution in [0.3, 0.4) is 0 Å². The highest BCUT2D eigenvalue weighted by molar-refractivity contribution is 7.92. The van der Waals surface area contributed by atoms with Gasteiger partial charge in [0.15, 0.2) is 9.84 Å². The van der Waals surface area contributed by atoms with Crippen LogP contribution in [0.2, 0.25) is 5.15 Å². The molecular formula is C14H22ClN3O3S. The number of nitrogens with zero attached hydrogens (tertiary/aromatic N) is 3. The molecule has 0 N–H and O–H groups in total. The molecule has 1 aromatic heterocycles. The van der Waals surface area contributed by atoms with E-state index in [1.807, 2.05) is 6.92 Å². The summed E-state index contributed by atoms with van der Waals surface area (Å²) >= 11 is 6.29. The Kier molecular flexibility index (Phi) is 5.17. The maximum Gasteiger partial charge on any atom is 0.238 e. The van der Waals surface area contributed by atoms with Gasteiger partial charge in [0.2, 0.25) is 5.91 Å². The first kappa shape index (κ1) is 17.3. The largest absolute Gasteiger partial charge is 0.335 e. The molecule has 1 saturated heterocycles. The minimum absolute atomic E-state index is 0.0456. The molecule has 22 heavy (non-hydrogen) atoms. The molecule has 124 valence electrons. The highest BCUT2D eigenvalue weighted by Gasteiger charge is 2.35. The Morgan fingerprint density at radius 1 is 1.45 bits per heavy atom. The van der Waals surface area contributed by atoms with Gasteiger partial charge in [0, 0.05) is 19.2 Å². The average molecular weight is 348 g/mol. The topological polar surface area (TPSA) is 72.3 Å². The maximum absolute atomic E-state index is 12.4. The van der Waals surface area contributed by atoms with Crippen molar-refractivity contribution in [1.29, 1.82) is 0 Å². The SMILES string of the molecule is CCCS(=O)(=O)CC(=O)N1CCC[C@H]1c1c(C)nn(C)c1Cl. The maximum atomic E-state index is 12.4. The summed E-state index contributed by atoms with van der Waals surface area (Å²) in [6.07, 6.45) is 2.15. The Labute approximate surface area is 136 Å². The quantitative estimate of drug-likeness (QED) is 0.815. The first-order valence-electron chi connectivity index (χ1n) is 7.45. The van der Waals surface area contributed by atoms with Crippen LogP contribution in [0.5, 0.6) is 0 Å². The van der Waals surface area contributed by atoms with Crippen LogP contribution in [0.25, 0.3) is 0 Å². The van der Waals surface area contributed by atoms with E-state index in [2.05, 4.69) is 5.10 Å². The number of rotatable bonds is 5. The lowest BCUT2D eigenvalue weighted by molar-refractivity contribution is -0.129. The lowest BCUT2D eigenvalue weighted by atomic mass is 10.1. The third-order valence-electron chi connectivity index (χ3n) is 3.96. The third-order valence-corrected chi connectivity index (χ3v) is 6.13. The Balaban J connectivity index is 2.22. The van der Waals surface area contributed by atoms with E-state index in [-0.39, 0.29) is 17.7 Å². The molecule has 6 nitrogen and oxygen atoms in total. The molecule has 1 aromatic rings. The standard InChI is InChI=1S/C14H22ClN3O3S/c1-4-8-22(20,21)9-12(19)18-7-5-6-11(18)13-10(2)16-17(3)14(13)15/h11H,4-9H2,1-3H3/t11-/m0/s1. The molecule has 0 unspecified atom stereocenters. The van der Waals surface area contributed by atoms with Crippen LogP contribution in [0.4, 0.5) is 0 Å². The van der Waals surface area contributed by atoms with Gasteiger partial charge in [-0.1, -0.05) is 18.5 Å². The number of halogens is 1. The van der Waals surface area contributed by atoms with Gasteiger partial charge in [-0.25, -0.2) is 8.42 Å². The molecule has 2 rings (SSSR count). The van der Waals surface area contributed by atoms with E-state index in [1.165, 1.54) is 0 Å². The van der Waals surface area contributed by atoms with Gasteiger partial charge in [-0.2, -0.15) is 5.10 Å². The van der Waals surface area contributed by atoms with E-state index in [1.54, 1.807) is 23.6 Å². The molecular weight excluding hydrogens is 326 g/mol. The minimum Gasteiger partial charge on any atom is -0.335 e. The zero-order valence-electron chi connectivity index (χ0n) is 13.2. The Morgan fingerprint density at radius 2 is 2.14 bits per heavy atom. The van der Waals surface area contributed by atoms with Crippen molar-refractivity contribution in [3.05, 3.63) is 16.4 Å². The highest BCUT2D eigenvalue weighted by atomic mass is 35.5. The molecule has 1 fully saturated rings.